The van der Waals surface area contributed by atoms with Crippen molar-refractivity contribution in [1.82, 2.24) is 15.0 Å². The highest BCUT2D eigenvalue weighted by Crippen LogP contribution is 2.42. The Morgan fingerprint density at radius 3 is 1.60 bits per heavy atom. The summed E-state index contributed by atoms with van der Waals surface area (Å²) < 4.78 is 6.70. The van der Waals surface area contributed by atoms with Crippen LogP contribution in [0.15, 0.2) is 168 Å². The van der Waals surface area contributed by atoms with Crippen molar-refractivity contribution in [2.24, 2.45) is 0 Å². The minimum Gasteiger partial charge on any atom is -0.455 e. The van der Waals surface area contributed by atoms with Gasteiger partial charge in [0.25, 0.3) is 0 Å². The van der Waals surface area contributed by atoms with Crippen LogP contribution in [0.25, 0.3) is 88.9 Å². The smallest absolute Gasteiger partial charge is 0.143 e. The first-order valence-corrected chi connectivity index (χ1v) is 15.7. The molecule has 0 N–H and O–H groups in total. The van der Waals surface area contributed by atoms with Crippen molar-refractivity contribution < 1.29 is 4.42 Å². The van der Waals surface area contributed by atoms with Gasteiger partial charge in [0.15, 0.2) is 0 Å². The number of benzene rings is 5. The first-order chi connectivity index (χ1) is 23.3. The van der Waals surface area contributed by atoms with Crippen molar-refractivity contribution in [1.29, 1.82) is 0 Å². The van der Waals surface area contributed by atoms with Crippen molar-refractivity contribution in [2.75, 3.05) is 0 Å². The molecule has 47 heavy (non-hydrogen) atoms. The third kappa shape index (κ3) is 4.75. The zero-order valence-electron chi connectivity index (χ0n) is 25.3. The number of para-hydroxylation sites is 1. The molecule has 0 saturated heterocycles. The fourth-order valence-corrected chi connectivity index (χ4v) is 6.53. The van der Waals surface area contributed by atoms with E-state index in [1.54, 1.807) is 12.4 Å². The average Bonchev–Trinajstić information content (AvgIpc) is 3.55. The molecule has 0 aliphatic heterocycles. The van der Waals surface area contributed by atoms with E-state index in [0.29, 0.717) is 0 Å². The van der Waals surface area contributed by atoms with Gasteiger partial charge in [0, 0.05) is 34.1 Å². The van der Waals surface area contributed by atoms with Gasteiger partial charge >= 0.3 is 0 Å². The van der Waals surface area contributed by atoms with Crippen LogP contribution in [0, 0.1) is 0 Å². The topological polar surface area (TPSA) is 51.8 Å². The molecule has 0 atom stereocenters. The summed E-state index contributed by atoms with van der Waals surface area (Å²) in [6, 6.07) is 52.5. The summed E-state index contributed by atoms with van der Waals surface area (Å²) in [5.41, 5.74) is 11.8. The van der Waals surface area contributed by atoms with Gasteiger partial charge in [-0.05, 0) is 75.7 Å². The van der Waals surface area contributed by atoms with Gasteiger partial charge in [0.1, 0.15) is 11.2 Å². The molecule has 4 aromatic heterocycles. The van der Waals surface area contributed by atoms with E-state index in [-0.39, 0.29) is 0 Å². The molecular formula is C43H27N3O. The summed E-state index contributed by atoms with van der Waals surface area (Å²) in [6.07, 6.45) is 3.59. The number of nitrogens with zero attached hydrogens (tertiary/aromatic N) is 3. The highest BCUT2D eigenvalue weighted by atomic mass is 16.3. The SMILES string of the molecule is c1ccc(-c2cccc3c2oc2c4ccccc4c(-c4ccc(-c5cc(-c6ccccn6)nc(-c6ccccn6)c5)cc4)cc32)cc1. The molecule has 4 heterocycles. The first kappa shape index (κ1) is 27.0. The number of pyridine rings is 3. The lowest BCUT2D eigenvalue weighted by Gasteiger charge is -2.11. The zero-order valence-corrected chi connectivity index (χ0v) is 25.3. The molecule has 5 aromatic carbocycles. The minimum atomic E-state index is 0.811. The summed E-state index contributed by atoms with van der Waals surface area (Å²) in [6.45, 7) is 0. The van der Waals surface area contributed by atoms with Crippen LogP contribution in [-0.4, -0.2) is 15.0 Å². The maximum absolute atomic E-state index is 6.70. The lowest BCUT2D eigenvalue weighted by molar-refractivity contribution is 0.674. The summed E-state index contributed by atoms with van der Waals surface area (Å²) in [4.78, 5) is 14.1. The molecule has 0 aliphatic carbocycles. The number of rotatable bonds is 5. The number of aromatic nitrogens is 3. The Kier molecular flexibility index (Phi) is 6.43. The second kappa shape index (κ2) is 11.2. The second-order valence-corrected chi connectivity index (χ2v) is 11.6. The monoisotopic (exact) mass is 601 g/mol. The van der Waals surface area contributed by atoms with Gasteiger partial charge in [0.2, 0.25) is 0 Å². The summed E-state index contributed by atoms with van der Waals surface area (Å²) >= 11 is 0. The standard InChI is InChI=1S/C43H27N3O/c1-2-11-29(12-3-1)32-15-10-16-35-37-27-36(33-13-4-5-14-34(33)43(37)47-42(32)35)30-21-19-28(20-22-30)31-25-40(38-17-6-8-23-44-38)46-41(26-31)39-18-7-9-24-45-39/h1-27H. The molecular weight excluding hydrogens is 574 g/mol. The van der Waals surface area contributed by atoms with Gasteiger partial charge in [-0.3, -0.25) is 9.97 Å². The van der Waals surface area contributed by atoms with Crippen LogP contribution >= 0.6 is 0 Å². The summed E-state index contributed by atoms with van der Waals surface area (Å²) in [5.74, 6) is 0. The molecule has 0 unspecified atom stereocenters. The molecule has 0 fully saturated rings. The van der Waals surface area contributed by atoms with Gasteiger partial charge in [-0.1, -0.05) is 109 Å². The van der Waals surface area contributed by atoms with Crippen LogP contribution in [0.5, 0.6) is 0 Å². The van der Waals surface area contributed by atoms with E-state index in [2.05, 4.69) is 119 Å². The van der Waals surface area contributed by atoms with Gasteiger partial charge in [-0.15, -0.1) is 0 Å². The molecule has 4 nitrogen and oxygen atoms in total. The van der Waals surface area contributed by atoms with Crippen molar-refractivity contribution in [3.8, 4) is 56.2 Å². The summed E-state index contributed by atoms with van der Waals surface area (Å²) in [5, 5.41) is 4.50. The second-order valence-electron chi connectivity index (χ2n) is 11.6. The molecule has 0 saturated carbocycles. The van der Waals surface area contributed by atoms with E-state index >= 15 is 0 Å². The Hall–Kier alpha value is -6.39. The van der Waals surface area contributed by atoms with Gasteiger partial charge in [0.05, 0.1) is 22.8 Å². The highest BCUT2D eigenvalue weighted by Gasteiger charge is 2.17. The van der Waals surface area contributed by atoms with E-state index in [1.165, 1.54) is 5.56 Å². The van der Waals surface area contributed by atoms with E-state index in [9.17, 15) is 0 Å². The predicted octanol–water partition coefficient (Wildman–Crippen LogP) is 11.3. The molecule has 0 radical (unpaired) electrons. The average molecular weight is 602 g/mol. The van der Waals surface area contributed by atoms with Crippen molar-refractivity contribution in [3.63, 3.8) is 0 Å². The molecule has 4 heteroatoms. The Labute approximate surface area is 271 Å². The lowest BCUT2D eigenvalue weighted by Crippen LogP contribution is -1.94. The van der Waals surface area contributed by atoms with Crippen molar-refractivity contribution in [2.45, 2.75) is 0 Å². The largest absolute Gasteiger partial charge is 0.455 e. The Morgan fingerprint density at radius 1 is 0.340 bits per heavy atom. The molecule has 0 bridgehead atoms. The fourth-order valence-electron chi connectivity index (χ4n) is 6.53. The zero-order chi connectivity index (χ0) is 31.2. The molecule has 0 aliphatic rings. The molecule has 9 rings (SSSR count). The first-order valence-electron chi connectivity index (χ1n) is 15.7. The number of furan rings is 1. The van der Waals surface area contributed by atoms with E-state index < -0.39 is 0 Å². The number of hydrogen-bond acceptors (Lipinski definition) is 4. The van der Waals surface area contributed by atoms with Gasteiger partial charge in [-0.25, -0.2) is 4.98 Å². The minimum absolute atomic E-state index is 0.811. The van der Waals surface area contributed by atoms with Gasteiger partial charge < -0.3 is 4.42 Å². The van der Waals surface area contributed by atoms with Crippen molar-refractivity contribution in [3.05, 3.63) is 164 Å². The number of hydrogen-bond donors (Lipinski definition) is 0. The van der Waals surface area contributed by atoms with Crippen LogP contribution in [0.2, 0.25) is 0 Å². The van der Waals surface area contributed by atoms with E-state index in [0.717, 1.165) is 83.3 Å². The molecule has 9 aromatic rings. The third-order valence-corrected chi connectivity index (χ3v) is 8.80. The predicted molar refractivity (Wildman–Crippen MR) is 192 cm³/mol. The molecule has 0 spiro atoms. The van der Waals surface area contributed by atoms with Gasteiger partial charge in [-0.2, -0.15) is 0 Å². The maximum atomic E-state index is 6.70. The molecule has 0 amide bonds. The third-order valence-electron chi connectivity index (χ3n) is 8.80. The van der Waals surface area contributed by atoms with Crippen LogP contribution in [0.3, 0.4) is 0 Å². The van der Waals surface area contributed by atoms with E-state index in [4.69, 9.17) is 9.40 Å². The maximum Gasteiger partial charge on any atom is 0.143 e. The van der Waals surface area contributed by atoms with Crippen molar-refractivity contribution >= 4 is 32.7 Å². The van der Waals surface area contributed by atoms with Crippen LogP contribution in [0.4, 0.5) is 0 Å². The lowest BCUT2D eigenvalue weighted by atomic mass is 9.93. The fraction of sp³-hybridized carbons (Fsp3) is 0. The number of fused-ring (bicyclic) bond motifs is 5. The Bertz CT molecular complexity index is 2480. The Morgan fingerprint density at radius 2 is 0.915 bits per heavy atom. The van der Waals surface area contributed by atoms with Crippen LogP contribution in [-0.2, 0) is 0 Å². The van der Waals surface area contributed by atoms with Crippen LogP contribution in [0.1, 0.15) is 0 Å². The quantitative estimate of drug-likeness (QED) is 0.197. The Balaban J connectivity index is 1.19. The molecule has 220 valence electrons. The normalized spacial score (nSPS) is 11.4. The highest BCUT2D eigenvalue weighted by molar-refractivity contribution is 6.20. The van der Waals surface area contributed by atoms with Crippen LogP contribution < -0.4 is 0 Å². The van der Waals surface area contributed by atoms with E-state index in [1.807, 2.05) is 42.5 Å². The summed E-state index contributed by atoms with van der Waals surface area (Å²) in [7, 11) is 0.